The molecule has 0 aliphatic carbocycles. The number of piperidine rings is 1. The fourth-order valence-electron chi connectivity index (χ4n) is 3.86. The lowest BCUT2D eigenvalue weighted by Crippen LogP contribution is -2.29. The van der Waals surface area contributed by atoms with E-state index in [-0.39, 0.29) is 0 Å². The zero-order valence-electron chi connectivity index (χ0n) is 16.3. The minimum absolute atomic E-state index is 0.304. The lowest BCUT2D eigenvalue weighted by molar-refractivity contribution is 0.447. The first-order chi connectivity index (χ1) is 14.3. The minimum atomic E-state index is 0.304. The van der Waals surface area contributed by atoms with Crippen molar-refractivity contribution in [1.29, 1.82) is 0 Å². The van der Waals surface area contributed by atoms with Gasteiger partial charge in [0.15, 0.2) is 0 Å². The van der Waals surface area contributed by atoms with Crippen LogP contribution in [-0.2, 0) is 0 Å². The molecule has 5 rings (SSSR count). The van der Waals surface area contributed by atoms with Gasteiger partial charge < -0.3 is 10.6 Å². The maximum atomic E-state index is 4.94. The molecule has 3 aromatic heterocycles. The number of nitrogens with one attached hydrogen (secondary N) is 3. The van der Waals surface area contributed by atoms with Crippen LogP contribution in [0.5, 0.6) is 0 Å². The monoisotopic (exact) mass is 385 g/mol. The van der Waals surface area contributed by atoms with E-state index >= 15 is 0 Å². The zero-order valence-corrected chi connectivity index (χ0v) is 16.3. The van der Waals surface area contributed by atoms with E-state index in [2.05, 4.69) is 50.9 Å². The molecule has 0 radical (unpaired) electrons. The Bertz CT molecular complexity index is 1140. The Morgan fingerprint density at radius 1 is 1.10 bits per heavy atom. The van der Waals surface area contributed by atoms with Gasteiger partial charge in [0.25, 0.3) is 0 Å². The van der Waals surface area contributed by atoms with Crippen LogP contribution in [0.3, 0.4) is 0 Å². The van der Waals surface area contributed by atoms with Crippen molar-refractivity contribution < 1.29 is 0 Å². The summed E-state index contributed by atoms with van der Waals surface area (Å²) in [5.74, 6) is 1.96. The Kier molecular flexibility index (Phi) is 4.65. The number of aromatic nitrogens is 5. The molecule has 1 fully saturated rings. The lowest BCUT2D eigenvalue weighted by Gasteiger charge is -2.22. The number of aryl methyl sites for hydroxylation is 1. The van der Waals surface area contributed by atoms with Gasteiger partial charge in [-0.25, -0.2) is 9.97 Å². The highest BCUT2D eigenvalue weighted by Crippen LogP contribution is 2.30. The SMILES string of the molecule is Cc1cccc(Nc2cc(-c3cncc4[nH]ncc34)nc(C3CCCNC3)n2)c1. The van der Waals surface area contributed by atoms with Crippen LogP contribution in [0.15, 0.2) is 48.9 Å². The molecular weight excluding hydrogens is 362 g/mol. The summed E-state index contributed by atoms with van der Waals surface area (Å²) < 4.78 is 0. The highest BCUT2D eigenvalue weighted by atomic mass is 15.1. The van der Waals surface area contributed by atoms with E-state index in [1.807, 2.05) is 24.5 Å². The first-order valence-electron chi connectivity index (χ1n) is 9.97. The Hall–Kier alpha value is -3.32. The highest BCUT2D eigenvalue weighted by Gasteiger charge is 2.20. The van der Waals surface area contributed by atoms with Crippen molar-refractivity contribution in [2.75, 3.05) is 18.4 Å². The molecule has 1 aliphatic heterocycles. The van der Waals surface area contributed by atoms with Gasteiger partial charge in [-0.3, -0.25) is 10.1 Å². The second kappa shape index (κ2) is 7.60. The number of pyridine rings is 1. The summed E-state index contributed by atoms with van der Waals surface area (Å²) in [6, 6.07) is 10.3. The van der Waals surface area contributed by atoms with Gasteiger partial charge in [0, 0.05) is 41.4 Å². The number of H-pyrrole nitrogens is 1. The summed E-state index contributed by atoms with van der Waals surface area (Å²) >= 11 is 0. The van der Waals surface area contributed by atoms with Crippen molar-refractivity contribution >= 4 is 22.4 Å². The van der Waals surface area contributed by atoms with E-state index in [0.29, 0.717) is 5.92 Å². The third-order valence-corrected chi connectivity index (χ3v) is 5.34. The second-order valence-electron chi connectivity index (χ2n) is 7.55. The molecule has 0 spiro atoms. The first-order valence-corrected chi connectivity index (χ1v) is 9.97. The average molecular weight is 385 g/mol. The minimum Gasteiger partial charge on any atom is -0.340 e. The van der Waals surface area contributed by atoms with E-state index in [4.69, 9.17) is 9.97 Å². The van der Waals surface area contributed by atoms with Crippen molar-refractivity contribution in [2.24, 2.45) is 0 Å². The Labute approximate surface area is 169 Å². The molecular formula is C22H23N7. The Morgan fingerprint density at radius 3 is 2.93 bits per heavy atom. The third-order valence-electron chi connectivity index (χ3n) is 5.34. The molecule has 1 atom stereocenters. The Balaban J connectivity index is 1.60. The van der Waals surface area contributed by atoms with Gasteiger partial charge in [0.1, 0.15) is 11.6 Å². The fraction of sp³-hybridized carbons (Fsp3) is 0.273. The molecule has 1 unspecified atom stereocenters. The van der Waals surface area contributed by atoms with Gasteiger partial charge in [0.05, 0.1) is 23.6 Å². The van der Waals surface area contributed by atoms with E-state index in [1.165, 1.54) is 5.56 Å². The number of fused-ring (bicyclic) bond motifs is 1. The van der Waals surface area contributed by atoms with Gasteiger partial charge in [0.2, 0.25) is 0 Å². The molecule has 4 heterocycles. The van der Waals surface area contributed by atoms with Crippen LogP contribution in [0.4, 0.5) is 11.5 Å². The van der Waals surface area contributed by atoms with Crippen LogP contribution in [0.25, 0.3) is 22.2 Å². The summed E-state index contributed by atoms with van der Waals surface area (Å²) in [7, 11) is 0. The van der Waals surface area contributed by atoms with E-state index < -0.39 is 0 Å². The van der Waals surface area contributed by atoms with Crippen molar-refractivity contribution in [1.82, 2.24) is 30.5 Å². The normalized spacial score (nSPS) is 16.8. The lowest BCUT2D eigenvalue weighted by atomic mass is 9.98. The molecule has 0 bridgehead atoms. The number of benzene rings is 1. The van der Waals surface area contributed by atoms with Crippen molar-refractivity contribution in [3.05, 3.63) is 60.3 Å². The maximum absolute atomic E-state index is 4.94. The van der Waals surface area contributed by atoms with E-state index in [9.17, 15) is 0 Å². The van der Waals surface area contributed by atoms with Crippen LogP contribution >= 0.6 is 0 Å². The summed E-state index contributed by atoms with van der Waals surface area (Å²) in [6.07, 6.45) is 7.68. The fourth-order valence-corrected chi connectivity index (χ4v) is 3.86. The zero-order chi connectivity index (χ0) is 19.6. The molecule has 1 aliphatic rings. The first kappa shape index (κ1) is 17.8. The van der Waals surface area contributed by atoms with Crippen molar-refractivity contribution in [2.45, 2.75) is 25.7 Å². The van der Waals surface area contributed by atoms with Crippen LogP contribution in [0.2, 0.25) is 0 Å². The smallest absolute Gasteiger partial charge is 0.135 e. The predicted molar refractivity (Wildman–Crippen MR) is 114 cm³/mol. The molecule has 7 nitrogen and oxygen atoms in total. The van der Waals surface area contributed by atoms with Gasteiger partial charge >= 0.3 is 0 Å². The summed E-state index contributed by atoms with van der Waals surface area (Å²) in [6.45, 7) is 4.05. The number of rotatable bonds is 4. The Morgan fingerprint density at radius 2 is 2.07 bits per heavy atom. The number of hydrogen-bond donors (Lipinski definition) is 3. The number of anilines is 2. The quantitative estimate of drug-likeness (QED) is 0.493. The maximum Gasteiger partial charge on any atom is 0.135 e. The van der Waals surface area contributed by atoms with Crippen molar-refractivity contribution in [3.8, 4) is 11.3 Å². The summed E-state index contributed by atoms with van der Waals surface area (Å²) in [5.41, 5.74) is 4.93. The predicted octanol–water partition coefficient (Wildman–Crippen LogP) is 3.93. The standard InChI is InChI=1S/C22H23N7/c1-14-4-2-6-16(8-14)26-21-9-19(17-11-24-13-20-18(17)12-25-29-20)27-22(28-21)15-5-3-7-23-10-15/h2,4,6,8-9,11-13,15,23H,3,5,7,10H2,1H3,(H,25,29)(H,26,27,28). The number of nitrogens with zero attached hydrogens (tertiary/aromatic N) is 4. The van der Waals surface area contributed by atoms with Crippen LogP contribution in [-0.4, -0.2) is 38.2 Å². The summed E-state index contributed by atoms with van der Waals surface area (Å²) in [5, 5.41) is 15.1. The van der Waals surface area contributed by atoms with Crippen LogP contribution in [0.1, 0.15) is 30.1 Å². The highest BCUT2D eigenvalue weighted by molar-refractivity contribution is 5.92. The van der Waals surface area contributed by atoms with Crippen LogP contribution in [0, 0.1) is 6.92 Å². The third kappa shape index (κ3) is 3.69. The molecule has 1 saturated heterocycles. The molecule has 146 valence electrons. The van der Waals surface area contributed by atoms with E-state index in [1.54, 1.807) is 6.20 Å². The van der Waals surface area contributed by atoms with Gasteiger partial charge in [-0.15, -0.1) is 0 Å². The average Bonchev–Trinajstić information content (AvgIpc) is 3.23. The molecule has 0 amide bonds. The number of aromatic amines is 1. The summed E-state index contributed by atoms with van der Waals surface area (Å²) in [4.78, 5) is 14.2. The van der Waals surface area contributed by atoms with Gasteiger partial charge in [-0.2, -0.15) is 5.10 Å². The molecule has 0 saturated carbocycles. The largest absolute Gasteiger partial charge is 0.340 e. The molecule has 4 aromatic rings. The van der Waals surface area contributed by atoms with Gasteiger partial charge in [-0.05, 0) is 44.0 Å². The topological polar surface area (TPSA) is 91.4 Å². The van der Waals surface area contributed by atoms with Crippen molar-refractivity contribution in [3.63, 3.8) is 0 Å². The van der Waals surface area contributed by atoms with Crippen LogP contribution < -0.4 is 10.6 Å². The van der Waals surface area contributed by atoms with Gasteiger partial charge in [-0.1, -0.05) is 12.1 Å². The number of hydrogen-bond acceptors (Lipinski definition) is 6. The second-order valence-corrected chi connectivity index (χ2v) is 7.55. The van der Waals surface area contributed by atoms with E-state index in [0.717, 1.165) is 65.4 Å². The molecule has 3 N–H and O–H groups in total. The molecule has 7 heteroatoms. The molecule has 1 aromatic carbocycles. The molecule has 29 heavy (non-hydrogen) atoms.